The molecule has 3 aromatic rings. The van der Waals surface area contributed by atoms with Crippen LogP contribution in [0.25, 0.3) is 10.8 Å². The lowest BCUT2D eigenvalue weighted by Crippen LogP contribution is -2.55. The monoisotopic (exact) mass is 364 g/mol. The Morgan fingerprint density at radius 1 is 1.15 bits per heavy atom. The second kappa shape index (κ2) is 7.80. The fourth-order valence-corrected chi connectivity index (χ4v) is 3.73. The summed E-state index contributed by atoms with van der Waals surface area (Å²) in [5, 5.41) is 12.9. The molecule has 0 unspecified atom stereocenters. The zero-order valence-corrected chi connectivity index (χ0v) is 15.2. The number of piperidine rings is 1. The van der Waals surface area contributed by atoms with E-state index in [2.05, 4.69) is 27.9 Å². The minimum Gasteiger partial charge on any atom is -0.491 e. The third-order valence-corrected chi connectivity index (χ3v) is 5.19. The predicted molar refractivity (Wildman–Crippen MR) is 105 cm³/mol. The van der Waals surface area contributed by atoms with Crippen LogP contribution in [0.5, 0.6) is 5.75 Å². The molecule has 2 N–H and O–H groups in total. The number of ether oxygens (including phenoxy) is 1. The number of aromatic nitrogens is 2. The van der Waals surface area contributed by atoms with Gasteiger partial charge in [-0.15, -0.1) is 0 Å². The molecule has 2 heterocycles. The average Bonchev–Trinajstić information content (AvgIpc) is 3.27. The maximum absolute atomic E-state index is 13.0. The number of nitrogens with one attached hydrogen (secondary N) is 2. The van der Waals surface area contributed by atoms with Crippen LogP contribution in [0.4, 0.5) is 0 Å². The first kappa shape index (κ1) is 17.5. The van der Waals surface area contributed by atoms with Crippen LogP contribution in [0, 0.1) is 0 Å². The Morgan fingerprint density at radius 2 is 1.96 bits per heavy atom. The zero-order valence-electron chi connectivity index (χ0n) is 15.2. The van der Waals surface area contributed by atoms with Gasteiger partial charge in [0.1, 0.15) is 17.9 Å². The quantitative estimate of drug-likeness (QED) is 0.659. The first-order chi connectivity index (χ1) is 13.3. The van der Waals surface area contributed by atoms with Crippen molar-refractivity contribution in [3.63, 3.8) is 0 Å². The molecule has 0 atom stereocenters. The Kier molecular flexibility index (Phi) is 5.07. The van der Waals surface area contributed by atoms with Crippen molar-refractivity contribution in [3.8, 4) is 5.75 Å². The summed E-state index contributed by atoms with van der Waals surface area (Å²) in [5.41, 5.74) is -0.617. The Labute approximate surface area is 158 Å². The van der Waals surface area contributed by atoms with Crippen LogP contribution in [0.2, 0.25) is 0 Å². The normalized spacial score (nSPS) is 16.1. The third-order valence-electron chi connectivity index (χ3n) is 5.19. The van der Waals surface area contributed by atoms with E-state index in [0.717, 1.165) is 42.5 Å². The number of benzene rings is 2. The van der Waals surface area contributed by atoms with Crippen LogP contribution < -0.4 is 15.4 Å². The maximum Gasteiger partial charge on any atom is 0.248 e. The highest BCUT2D eigenvalue weighted by Gasteiger charge is 2.41. The first-order valence-electron chi connectivity index (χ1n) is 9.39. The van der Waals surface area contributed by atoms with E-state index < -0.39 is 5.54 Å². The van der Waals surface area contributed by atoms with Gasteiger partial charge >= 0.3 is 0 Å². The summed E-state index contributed by atoms with van der Waals surface area (Å²) in [6, 6.07) is 16.0. The molecule has 0 bridgehead atoms. The van der Waals surface area contributed by atoms with Crippen LogP contribution in [0.1, 0.15) is 12.8 Å². The molecule has 0 radical (unpaired) electrons. The lowest BCUT2D eigenvalue weighted by Gasteiger charge is -2.36. The SMILES string of the molecule is O=C(NCCOc1cccc2ccccc12)C1(n2cccn2)CCNCC1. The van der Waals surface area contributed by atoms with Gasteiger partial charge in [0.05, 0.1) is 6.54 Å². The van der Waals surface area contributed by atoms with Crippen LogP contribution in [-0.2, 0) is 10.3 Å². The van der Waals surface area contributed by atoms with Crippen molar-refractivity contribution in [2.45, 2.75) is 18.4 Å². The predicted octanol–water partition coefficient (Wildman–Crippen LogP) is 2.31. The van der Waals surface area contributed by atoms with E-state index in [4.69, 9.17) is 4.74 Å². The van der Waals surface area contributed by atoms with Crippen molar-refractivity contribution < 1.29 is 9.53 Å². The first-order valence-corrected chi connectivity index (χ1v) is 9.39. The topological polar surface area (TPSA) is 68.2 Å². The van der Waals surface area contributed by atoms with E-state index in [1.54, 1.807) is 10.9 Å². The standard InChI is InChI=1S/C21H24N4O2/c26-20(21(9-12-22-13-10-21)25-15-4-11-24-25)23-14-16-27-19-8-3-6-17-5-1-2-7-18(17)19/h1-8,11,15,22H,9-10,12-14,16H2,(H,23,26). The molecule has 6 nitrogen and oxygen atoms in total. The Bertz CT molecular complexity index is 896. The zero-order chi connectivity index (χ0) is 18.5. The minimum absolute atomic E-state index is 0.00854. The summed E-state index contributed by atoms with van der Waals surface area (Å²) in [6.45, 7) is 2.49. The van der Waals surface area contributed by atoms with E-state index in [9.17, 15) is 4.79 Å². The van der Waals surface area contributed by atoms with E-state index in [0.29, 0.717) is 13.2 Å². The Morgan fingerprint density at radius 3 is 2.78 bits per heavy atom. The number of nitrogens with zero attached hydrogens (tertiary/aromatic N) is 2. The highest BCUT2D eigenvalue weighted by molar-refractivity contribution is 5.88. The Balaban J connectivity index is 1.39. The van der Waals surface area contributed by atoms with Crippen molar-refractivity contribution in [2.75, 3.05) is 26.2 Å². The van der Waals surface area contributed by atoms with Gasteiger partial charge in [0.25, 0.3) is 0 Å². The molecule has 4 rings (SSSR count). The molecule has 0 spiro atoms. The molecule has 0 aliphatic carbocycles. The molecule has 140 valence electrons. The van der Waals surface area contributed by atoms with Gasteiger partial charge in [0.15, 0.2) is 0 Å². The summed E-state index contributed by atoms with van der Waals surface area (Å²) in [7, 11) is 0. The summed E-state index contributed by atoms with van der Waals surface area (Å²) >= 11 is 0. The molecule has 1 aliphatic rings. The van der Waals surface area contributed by atoms with Crippen LogP contribution in [-0.4, -0.2) is 41.9 Å². The molecule has 1 aliphatic heterocycles. The molecule has 1 fully saturated rings. The van der Waals surface area contributed by atoms with Crippen molar-refractivity contribution in [1.29, 1.82) is 0 Å². The van der Waals surface area contributed by atoms with Gasteiger partial charge in [0.2, 0.25) is 5.91 Å². The second-order valence-corrected chi connectivity index (χ2v) is 6.81. The van der Waals surface area contributed by atoms with Crippen LogP contribution in [0.3, 0.4) is 0 Å². The summed E-state index contributed by atoms with van der Waals surface area (Å²) in [5.74, 6) is 0.847. The molecular weight excluding hydrogens is 340 g/mol. The molecule has 6 heteroatoms. The van der Waals surface area contributed by atoms with Crippen molar-refractivity contribution in [1.82, 2.24) is 20.4 Å². The lowest BCUT2D eigenvalue weighted by molar-refractivity contribution is -0.132. The highest BCUT2D eigenvalue weighted by Crippen LogP contribution is 2.27. The summed E-state index contributed by atoms with van der Waals surface area (Å²) in [6.07, 6.45) is 5.05. The molecule has 1 saturated heterocycles. The smallest absolute Gasteiger partial charge is 0.248 e. The summed E-state index contributed by atoms with van der Waals surface area (Å²) in [4.78, 5) is 13.0. The maximum atomic E-state index is 13.0. The highest BCUT2D eigenvalue weighted by atomic mass is 16.5. The number of fused-ring (bicyclic) bond motifs is 1. The van der Waals surface area contributed by atoms with Gasteiger partial charge in [-0.1, -0.05) is 36.4 Å². The van der Waals surface area contributed by atoms with Crippen LogP contribution >= 0.6 is 0 Å². The van der Waals surface area contributed by atoms with E-state index in [-0.39, 0.29) is 5.91 Å². The van der Waals surface area contributed by atoms with Crippen molar-refractivity contribution >= 4 is 16.7 Å². The van der Waals surface area contributed by atoms with Gasteiger partial charge in [-0.3, -0.25) is 9.48 Å². The molecule has 1 amide bonds. The van der Waals surface area contributed by atoms with E-state index >= 15 is 0 Å². The number of carbonyl (C=O) groups is 1. The molecule has 0 saturated carbocycles. The van der Waals surface area contributed by atoms with Gasteiger partial charge in [-0.2, -0.15) is 5.10 Å². The average molecular weight is 364 g/mol. The van der Waals surface area contributed by atoms with E-state index in [1.807, 2.05) is 42.6 Å². The Hall–Kier alpha value is -2.86. The molecule has 2 aromatic carbocycles. The van der Waals surface area contributed by atoms with Crippen molar-refractivity contribution in [2.24, 2.45) is 0 Å². The minimum atomic E-state index is -0.617. The number of rotatable bonds is 6. The van der Waals surface area contributed by atoms with Gasteiger partial charge in [-0.25, -0.2) is 0 Å². The third kappa shape index (κ3) is 3.53. The lowest BCUT2D eigenvalue weighted by atomic mass is 9.87. The van der Waals surface area contributed by atoms with Gasteiger partial charge in [0, 0.05) is 17.8 Å². The number of carbonyl (C=O) groups excluding carboxylic acids is 1. The van der Waals surface area contributed by atoms with Crippen molar-refractivity contribution in [3.05, 3.63) is 60.9 Å². The second-order valence-electron chi connectivity index (χ2n) is 6.81. The van der Waals surface area contributed by atoms with Gasteiger partial charge in [-0.05, 0) is 43.5 Å². The largest absolute Gasteiger partial charge is 0.491 e. The fourth-order valence-electron chi connectivity index (χ4n) is 3.73. The summed E-state index contributed by atoms with van der Waals surface area (Å²) < 4.78 is 7.73. The number of amides is 1. The molecule has 1 aromatic heterocycles. The van der Waals surface area contributed by atoms with E-state index in [1.165, 1.54) is 0 Å². The van der Waals surface area contributed by atoms with Crippen LogP contribution in [0.15, 0.2) is 60.9 Å². The molecular formula is C21H24N4O2. The molecule has 27 heavy (non-hydrogen) atoms. The fraction of sp³-hybridized carbons (Fsp3) is 0.333. The number of hydrogen-bond acceptors (Lipinski definition) is 4. The number of hydrogen-bond donors (Lipinski definition) is 2. The van der Waals surface area contributed by atoms with Gasteiger partial charge < -0.3 is 15.4 Å².